The molecule has 117 valence electrons. The molecule has 0 aromatic heterocycles. The van der Waals surface area contributed by atoms with Crippen LogP contribution in [0.15, 0.2) is 12.1 Å². The fraction of sp³-hybridized carbons (Fsp3) is 0.364. The Morgan fingerprint density at radius 3 is 2.67 bits per heavy atom. The van der Waals surface area contributed by atoms with Crippen LogP contribution in [0.1, 0.15) is 17.8 Å². The smallest absolute Gasteiger partial charge is 0.315 e. The van der Waals surface area contributed by atoms with Gasteiger partial charge in [-0.25, -0.2) is 0 Å². The molecule has 0 fully saturated rings. The van der Waals surface area contributed by atoms with Crippen LogP contribution in [0.3, 0.4) is 0 Å². The molecule has 0 aliphatic carbocycles. The van der Waals surface area contributed by atoms with Crippen molar-refractivity contribution in [2.24, 2.45) is 11.5 Å². The summed E-state index contributed by atoms with van der Waals surface area (Å²) in [5.41, 5.74) is 10.3. The van der Waals surface area contributed by atoms with Crippen LogP contribution in [-0.2, 0) is 4.57 Å². The first kappa shape index (κ1) is 17.4. The lowest BCUT2D eigenvalue weighted by Crippen LogP contribution is -2.14. The molecule has 0 aliphatic rings. The second kappa shape index (κ2) is 6.86. The van der Waals surface area contributed by atoms with Gasteiger partial charge in [0.1, 0.15) is 5.78 Å². The van der Waals surface area contributed by atoms with Gasteiger partial charge in [-0.05, 0) is 18.1 Å². The lowest BCUT2D eigenvalue weighted by Gasteiger charge is -2.20. The molecule has 21 heavy (non-hydrogen) atoms. The molecule has 1 radical (unpaired) electrons. The Morgan fingerprint density at radius 2 is 2.19 bits per heavy atom. The van der Waals surface area contributed by atoms with E-state index >= 15 is 0 Å². The predicted molar refractivity (Wildman–Crippen MR) is 76.0 cm³/mol. The van der Waals surface area contributed by atoms with Crippen molar-refractivity contribution in [2.45, 2.75) is 12.2 Å². The van der Waals surface area contributed by atoms with E-state index in [9.17, 15) is 24.7 Å². The summed E-state index contributed by atoms with van der Waals surface area (Å²) in [5, 5.41) is 20.5. The van der Waals surface area contributed by atoms with Crippen LogP contribution < -0.4 is 16.2 Å². The Labute approximate surface area is 121 Å². The summed E-state index contributed by atoms with van der Waals surface area (Å²) in [4.78, 5) is 20.0. The minimum absolute atomic E-state index is 0.0270. The Kier molecular flexibility index (Phi) is 5.68. The van der Waals surface area contributed by atoms with Crippen molar-refractivity contribution in [1.82, 2.24) is 0 Å². The third-order valence-electron chi connectivity index (χ3n) is 2.89. The Bertz CT molecular complexity index is 579. The number of hydrogen-bond donors (Lipinski definition) is 4. The van der Waals surface area contributed by atoms with Crippen molar-refractivity contribution < 1.29 is 24.2 Å². The molecule has 0 aliphatic heterocycles. The molecule has 0 bridgehead atoms. The number of methoxy groups -OCH3 is 1. The van der Waals surface area contributed by atoms with Crippen LogP contribution in [0.5, 0.6) is 11.5 Å². The number of ether oxygens (including phenoxy) is 1. The number of nitro groups is 1. The van der Waals surface area contributed by atoms with Gasteiger partial charge in [0.15, 0.2) is 5.75 Å². The molecule has 1 aromatic carbocycles. The van der Waals surface area contributed by atoms with E-state index in [-0.39, 0.29) is 23.9 Å². The topological polar surface area (TPSA) is 162 Å². The van der Waals surface area contributed by atoms with Gasteiger partial charge in [0.2, 0.25) is 13.1 Å². The van der Waals surface area contributed by atoms with E-state index in [1.807, 2.05) is 0 Å². The number of hydrogen-bond acceptors (Lipinski definition) is 7. The number of phenolic OH excluding ortho intramolecular Hbond substituents is 1. The summed E-state index contributed by atoms with van der Waals surface area (Å²) in [5.74, 6) is -2.20. The van der Waals surface area contributed by atoms with Crippen molar-refractivity contribution in [3.63, 3.8) is 0 Å². The Hall–Kier alpha value is -1.67. The lowest BCUT2D eigenvalue weighted by molar-refractivity contribution is -0.386. The third-order valence-corrected chi connectivity index (χ3v) is 4.95. The maximum atomic E-state index is 12.1. The van der Waals surface area contributed by atoms with Crippen molar-refractivity contribution in [1.29, 1.82) is 0 Å². The van der Waals surface area contributed by atoms with Gasteiger partial charge in [0, 0.05) is 18.8 Å². The molecule has 0 saturated heterocycles. The summed E-state index contributed by atoms with van der Waals surface area (Å²) >= 11 is 0. The molecule has 1 rings (SSSR count). The highest BCUT2D eigenvalue weighted by atomic mass is 31.2. The zero-order valence-electron chi connectivity index (χ0n) is 11.3. The maximum absolute atomic E-state index is 12.1. The van der Waals surface area contributed by atoms with Crippen molar-refractivity contribution in [2.75, 3.05) is 13.3 Å². The first-order chi connectivity index (χ1) is 9.74. The van der Waals surface area contributed by atoms with Crippen molar-refractivity contribution in [3.05, 3.63) is 34.4 Å². The molecule has 1 aromatic rings. The first-order valence-electron chi connectivity index (χ1n) is 5.90. The summed E-state index contributed by atoms with van der Waals surface area (Å²) in [7, 11) is -2.61. The highest BCUT2D eigenvalue weighted by molar-refractivity contribution is 7.58. The molecule has 0 saturated carbocycles. The van der Waals surface area contributed by atoms with Crippen LogP contribution in [0.4, 0.5) is 5.69 Å². The number of nitro benzene ring substituents is 1. The van der Waals surface area contributed by atoms with Gasteiger partial charge < -0.3 is 26.2 Å². The van der Waals surface area contributed by atoms with Gasteiger partial charge in [-0.15, -0.1) is 0 Å². The molecule has 9 nitrogen and oxygen atoms in total. The van der Waals surface area contributed by atoms with E-state index in [1.165, 1.54) is 19.7 Å². The molecule has 0 amide bonds. The molecule has 6 N–H and O–H groups in total. The second-order valence-electron chi connectivity index (χ2n) is 4.30. The number of nitrogens with two attached hydrogens (primary N) is 2. The van der Waals surface area contributed by atoms with Crippen LogP contribution in [0.25, 0.3) is 0 Å². The number of aromatic hydroxyl groups is 1. The number of rotatable bonds is 7. The van der Waals surface area contributed by atoms with E-state index in [0.29, 0.717) is 0 Å². The van der Waals surface area contributed by atoms with Gasteiger partial charge in [-0.3, -0.25) is 14.7 Å². The monoisotopic (exact) mass is 318 g/mol. The molecule has 2 atom stereocenters. The molecule has 0 spiro atoms. The largest absolute Gasteiger partial charge is 0.500 e. The van der Waals surface area contributed by atoms with Gasteiger partial charge in [0.05, 0.1) is 12.0 Å². The number of benzene rings is 1. The third kappa shape index (κ3) is 3.92. The van der Waals surface area contributed by atoms with Gasteiger partial charge in [0.25, 0.3) is 0 Å². The zero-order valence-corrected chi connectivity index (χ0v) is 12.2. The van der Waals surface area contributed by atoms with Crippen LogP contribution in [-0.4, -0.2) is 28.2 Å². The van der Waals surface area contributed by atoms with E-state index in [4.69, 9.17) is 16.2 Å². The molecular weight excluding hydrogens is 301 g/mol. The van der Waals surface area contributed by atoms with E-state index in [0.717, 1.165) is 6.07 Å². The predicted octanol–water partition coefficient (Wildman–Crippen LogP) is 1.05. The molecule has 10 heteroatoms. The van der Waals surface area contributed by atoms with Gasteiger partial charge >= 0.3 is 5.69 Å². The minimum Gasteiger partial charge on any atom is -0.500 e. The summed E-state index contributed by atoms with van der Waals surface area (Å²) in [6.07, 6.45) is 0.0282. The van der Waals surface area contributed by atoms with Crippen LogP contribution in [0.2, 0.25) is 0 Å². The normalized spacial score (nSPS) is 15.2. The fourth-order valence-corrected chi connectivity index (χ4v) is 3.12. The summed E-state index contributed by atoms with van der Waals surface area (Å²) in [6.45, 7) is 1.23. The van der Waals surface area contributed by atoms with Crippen LogP contribution in [0, 0.1) is 16.7 Å². The average molecular weight is 318 g/mol. The lowest BCUT2D eigenvalue weighted by atomic mass is 10.1. The quantitative estimate of drug-likeness (QED) is 0.329. The summed E-state index contributed by atoms with van der Waals surface area (Å²) in [6, 6.07) is 2.15. The number of nitrogens with zero attached hydrogens (tertiary/aromatic N) is 1. The van der Waals surface area contributed by atoms with Crippen molar-refractivity contribution >= 4 is 13.1 Å². The SMILES string of the molecule is COc1cc(C(N)P(=O)(O)CC[CH]N)cc([N+](=O)[O-])c1O. The standard InChI is InChI=1S/C11H17N3O6P/c1-20-9-6-7(5-8(10(9)15)14(16)17)11(13)21(18,19)4-2-3-12/h3,5-6,11,15H,2,4,12-13H2,1H3,(H,18,19). The van der Waals surface area contributed by atoms with E-state index in [2.05, 4.69) is 0 Å². The second-order valence-corrected chi connectivity index (χ2v) is 6.81. The molecular formula is C11H17N3O6P. The van der Waals surface area contributed by atoms with Gasteiger partial charge in [-0.1, -0.05) is 0 Å². The summed E-state index contributed by atoms with van der Waals surface area (Å²) < 4.78 is 16.9. The molecule has 0 heterocycles. The van der Waals surface area contributed by atoms with Gasteiger partial charge in [-0.2, -0.15) is 0 Å². The first-order valence-corrected chi connectivity index (χ1v) is 7.81. The number of phenols is 1. The minimum atomic E-state index is -3.81. The Balaban J connectivity index is 3.27. The van der Waals surface area contributed by atoms with Crippen LogP contribution >= 0.6 is 7.37 Å². The van der Waals surface area contributed by atoms with E-state index in [1.54, 1.807) is 0 Å². The van der Waals surface area contributed by atoms with E-state index < -0.39 is 29.5 Å². The average Bonchev–Trinajstić information content (AvgIpc) is 2.44. The maximum Gasteiger partial charge on any atom is 0.315 e. The highest BCUT2D eigenvalue weighted by Crippen LogP contribution is 2.54. The fourth-order valence-electron chi connectivity index (χ4n) is 1.71. The Morgan fingerprint density at radius 1 is 1.57 bits per heavy atom. The molecule has 2 unspecified atom stereocenters. The van der Waals surface area contributed by atoms with Crippen molar-refractivity contribution in [3.8, 4) is 11.5 Å². The highest BCUT2D eigenvalue weighted by Gasteiger charge is 2.31. The zero-order chi connectivity index (χ0) is 16.2.